The van der Waals surface area contributed by atoms with Crippen LogP contribution in [-0.4, -0.2) is 29.0 Å². The molecule has 0 bridgehead atoms. The van der Waals surface area contributed by atoms with E-state index >= 15 is 0 Å². The average Bonchev–Trinajstić information content (AvgIpc) is 3.34. The van der Waals surface area contributed by atoms with Gasteiger partial charge in [0.25, 0.3) is 0 Å². The maximum atomic E-state index is 11.9. The number of nitrogens with zero attached hydrogens (tertiary/aromatic N) is 1. The Morgan fingerprint density at radius 1 is 1.30 bits per heavy atom. The summed E-state index contributed by atoms with van der Waals surface area (Å²) < 4.78 is 20.9. The fourth-order valence-corrected chi connectivity index (χ4v) is 5.70. The maximum Gasteiger partial charge on any atom is 0.309 e. The highest BCUT2D eigenvalue weighted by atomic mass is 16.7. The lowest BCUT2D eigenvalue weighted by Crippen LogP contribution is -2.35. The number of carbonyl (C=O) groups is 1. The van der Waals surface area contributed by atoms with Gasteiger partial charge in [-0.3, -0.25) is 4.79 Å². The zero-order valence-corrected chi connectivity index (χ0v) is 16.4. The molecule has 0 aliphatic carbocycles. The highest BCUT2D eigenvalue weighted by Crippen LogP contribution is 2.54. The molecule has 146 valence electrons. The fraction of sp³-hybridized carbons (Fsp3) is 0.682. The van der Waals surface area contributed by atoms with E-state index in [-0.39, 0.29) is 24.1 Å². The molecule has 1 aromatic rings. The van der Waals surface area contributed by atoms with Crippen molar-refractivity contribution >= 4 is 5.97 Å². The summed E-state index contributed by atoms with van der Waals surface area (Å²) in [5, 5.41) is 0. The summed E-state index contributed by atoms with van der Waals surface area (Å²) in [5.41, 5.74) is 3.74. The molecule has 5 rings (SSSR count). The minimum absolute atomic E-state index is 0.0128. The second kappa shape index (κ2) is 6.21. The molecular weight excluding hydrogens is 342 g/mol. The largest absolute Gasteiger partial charge is 0.456 e. The molecule has 5 nitrogen and oxygen atoms in total. The summed E-state index contributed by atoms with van der Waals surface area (Å²) in [7, 11) is 0. The first-order valence-corrected chi connectivity index (χ1v) is 10.4. The van der Waals surface area contributed by atoms with Crippen LogP contribution in [0.5, 0.6) is 0 Å². The third kappa shape index (κ3) is 2.54. The Kier molecular flexibility index (Phi) is 4.03. The van der Waals surface area contributed by atoms with Crippen molar-refractivity contribution in [2.24, 2.45) is 11.8 Å². The number of ether oxygens (including phenoxy) is 3. The highest BCUT2D eigenvalue weighted by molar-refractivity contribution is 5.74. The predicted molar refractivity (Wildman–Crippen MR) is 100 cm³/mol. The van der Waals surface area contributed by atoms with E-state index in [9.17, 15) is 4.79 Å². The van der Waals surface area contributed by atoms with Gasteiger partial charge in [0.15, 0.2) is 5.79 Å². The normalized spacial score (nSPS) is 40.6. The molecule has 0 unspecified atom stereocenters. The highest BCUT2D eigenvalue weighted by Gasteiger charge is 2.57. The van der Waals surface area contributed by atoms with Crippen molar-refractivity contribution in [1.82, 2.24) is 4.57 Å². The molecule has 2 saturated heterocycles. The van der Waals surface area contributed by atoms with Crippen LogP contribution in [0.2, 0.25) is 0 Å². The van der Waals surface area contributed by atoms with Gasteiger partial charge in [-0.15, -0.1) is 0 Å². The van der Waals surface area contributed by atoms with Crippen LogP contribution >= 0.6 is 0 Å². The van der Waals surface area contributed by atoms with Crippen molar-refractivity contribution in [3.63, 3.8) is 0 Å². The van der Waals surface area contributed by atoms with Crippen LogP contribution in [0, 0.1) is 11.8 Å². The summed E-state index contributed by atoms with van der Waals surface area (Å²) in [6, 6.07) is 4.41. The fourth-order valence-electron chi connectivity index (χ4n) is 5.70. The van der Waals surface area contributed by atoms with E-state index < -0.39 is 5.79 Å². The summed E-state index contributed by atoms with van der Waals surface area (Å²) in [5.74, 6) is -0.0138. The van der Waals surface area contributed by atoms with Gasteiger partial charge in [-0.2, -0.15) is 0 Å². The topological polar surface area (TPSA) is 49.7 Å². The molecule has 0 amide bonds. The molecule has 1 spiro atoms. The number of rotatable bonds is 2. The van der Waals surface area contributed by atoms with E-state index in [1.54, 1.807) is 0 Å². The van der Waals surface area contributed by atoms with Gasteiger partial charge in [0.05, 0.1) is 24.3 Å². The maximum absolute atomic E-state index is 11.9. The monoisotopic (exact) mass is 371 g/mol. The summed E-state index contributed by atoms with van der Waals surface area (Å²) in [6.07, 6.45) is 6.19. The molecule has 0 saturated carbocycles. The Morgan fingerprint density at radius 3 is 2.78 bits per heavy atom. The zero-order valence-electron chi connectivity index (χ0n) is 16.4. The van der Waals surface area contributed by atoms with Gasteiger partial charge >= 0.3 is 5.97 Å². The SMILES string of the molecule is CC[C@H]1[C@@H]2c3ccc([C@@H]4C[C@H](C)C(=O)O4)n3CCC[C@H]2O[C@]12C=C(C)CO2. The summed E-state index contributed by atoms with van der Waals surface area (Å²) in [6.45, 7) is 7.95. The lowest BCUT2D eigenvalue weighted by Gasteiger charge is -2.29. The number of aromatic nitrogens is 1. The third-order valence-corrected chi connectivity index (χ3v) is 6.92. The Morgan fingerprint density at radius 2 is 2.11 bits per heavy atom. The van der Waals surface area contributed by atoms with Crippen LogP contribution in [0.1, 0.15) is 69.9 Å². The van der Waals surface area contributed by atoms with E-state index in [4.69, 9.17) is 14.2 Å². The first-order valence-electron chi connectivity index (χ1n) is 10.4. The van der Waals surface area contributed by atoms with Gasteiger partial charge in [-0.05, 0) is 50.0 Å². The lowest BCUT2D eigenvalue weighted by atomic mass is 9.80. The van der Waals surface area contributed by atoms with Gasteiger partial charge in [0.2, 0.25) is 0 Å². The van der Waals surface area contributed by atoms with Crippen molar-refractivity contribution in [2.45, 2.75) is 76.9 Å². The van der Waals surface area contributed by atoms with Crippen molar-refractivity contribution in [1.29, 1.82) is 0 Å². The molecular formula is C22H29NO4. The minimum atomic E-state index is -0.560. The number of cyclic esters (lactones) is 1. The lowest BCUT2D eigenvalue weighted by molar-refractivity contribution is -0.197. The van der Waals surface area contributed by atoms with Crippen LogP contribution in [0.3, 0.4) is 0 Å². The van der Waals surface area contributed by atoms with Crippen molar-refractivity contribution in [2.75, 3.05) is 6.61 Å². The second-order valence-electron chi connectivity index (χ2n) is 8.74. The Labute approximate surface area is 160 Å². The molecule has 5 heterocycles. The molecule has 4 aliphatic heterocycles. The quantitative estimate of drug-likeness (QED) is 0.580. The third-order valence-electron chi connectivity index (χ3n) is 6.92. The van der Waals surface area contributed by atoms with Gasteiger partial charge < -0.3 is 18.8 Å². The van der Waals surface area contributed by atoms with Crippen LogP contribution < -0.4 is 0 Å². The van der Waals surface area contributed by atoms with Crippen LogP contribution in [0.25, 0.3) is 0 Å². The molecule has 6 atom stereocenters. The second-order valence-corrected chi connectivity index (χ2v) is 8.74. The van der Waals surface area contributed by atoms with Gasteiger partial charge in [-0.25, -0.2) is 0 Å². The predicted octanol–water partition coefficient (Wildman–Crippen LogP) is 4.09. The van der Waals surface area contributed by atoms with Crippen LogP contribution in [-0.2, 0) is 25.5 Å². The summed E-state index contributed by atoms with van der Waals surface area (Å²) >= 11 is 0. The molecule has 27 heavy (non-hydrogen) atoms. The Hall–Kier alpha value is -1.59. The molecule has 2 fully saturated rings. The van der Waals surface area contributed by atoms with Gasteiger partial charge in [0.1, 0.15) is 6.10 Å². The average molecular weight is 371 g/mol. The van der Waals surface area contributed by atoms with E-state index in [0.29, 0.717) is 18.4 Å². The molecule has 5 heteroatoms. The number of fused-ring (bicyclic) bond motifs is 3. The van der Waals surface area contributed by atoms with E-state index in [2.05, 4.69) is 36.6 Å². The van der Waals surface area contributed by atoms with Crippen molar-refractivity contribution in [3.05, 3.63) is 35.2 Å². The van der Waals surface area contributed by atoms with Gasteiger partial charge in [-0.1, -0.05) is 13.8 Å². The smallest absolute Gasteiger partial charge is 0.309 e. The minimum Gasteiger partial charge on any atom is -0.456 e. The number of hydrogen-bond donors (Lipinski definition) is 0. The van der Waals surface area contributed by atoms with Crippen molar-refractivity contribution in [3.8, 4) is 0 Å². The molecule has 0 aromatic carbocycles. The molecule has 4 aliphatic rings. The standard InChI is InChI=1S/C22H29NO4/c1-4-15-20-17-8-7-16(19-10-14(3)21(24)26-19)23(17)9-5-6-18(20)27-22(15)11-13(2)12-25-22/h7-8,11,14-15,18-20H,4-6,9-10,12H2,1-3H3/t14-,15-,18+,19-,20+,22+/m0/s1. The molecule has 1 aromatic heterocycles. The zero-order chi connectivity index (χ0) is 18.8. The van der Waals surface area contributed by atoms with Crippen LogP contribution in [0.4, 0.5) is 0 Å². The van der Waals surface area contributed by atoms with E-state index in [1.165, 1.54) is 11.3 Å². The van der Waals surface area contributed by atoms with Crippen molar-refractivity contribution < 1.29 is 19.0 Å². The number of esters is 1. The number of hydrogen-bond acceptors (Lipinski definition) is 4. The molecule has 0 N–H and O–H groups in total. The van der Waals surface area contributed by atoms with Gasteiger partial charge in [0, 0.05) is 30.5 Å². The van der Waals surface area contributed by atoms with Crippen LogP contribution in [0.15, 0.2) is 23.8 Å². The first kappa shape index (κ1) is 17.5. The molecule has 0 radical (unpaired) electrons. The first-order chi connectivity index (χ1) is 13.0. The van der Waals surface area contributed by atoms with E-state index in [1.807, 2.05) is 6.92 Å². The summed E-state index contributed by atoms with van der Waals surface area (Å²) in [4.78, 5) is 11.9. The Balaban J connectivity index is 1.53. The Bertz CT molecular complexity index is 796. The van der Waals surface area contributed by atoms with E-state index in [0.717, 1.165) is 37.9 Å². The number of carbonyl (C=O) groups excluding carboxylic acids is 1.